The second kappa shape index (κ2) is 1.97. The second-order valence-corrected chi connectivity index (χ2v) is 3.04. The molecule has 0 saturated carbocycles. The molecule has 0 spiro atoms. The van der Waals surface area contributed by atoms with Crippen molar-refractivity contribution in [3.8, 4) is 0 Å². The minimum atomic E-state index is -0.400. The van der Waals surface area contributed by atoms with Gasteiger partial charge in [0.1, 0.15) is 0 Å². The lowest BCUT2D eigenvalue weighted by atomic mass is 9.92. The molecule has 1 amide bonds. The molecule has 0 radical (unpaired) electrons. The number of guanidine groups is 1. The Balaban J connectivity index is 2.80. The number of aliphatic imine (C=N–C) groups is 1. The quantitative estimate of drug-likeness (QED) is 0.475. The first-order valence-corrected chi connectivity index (χ1v) is 3.14. The van der Waals surface area contributed by atoms with Gasteiger partial charge in [-0.15, -0.1) is 0 Å². The predicted octanol–water partition coefficient (Wildman–Crippen LogP) is -0.543. The van der Waals surface area contributed by atoms with E-state index in [1.165, 1.54) is 0 Å². The largest absolute Gasteiger partial charge is 0.370 e. The van der Waals surface area contributed by atoms with E-state index in [4.69, 9.17) is 5.73 Å². The van der Waals surface area contributed by atoms with Gasteiger partial charge in [0, 0.05) is 0 Å². The third-order valence-corrected chi connectivity index (χ3v) is 1.50. The molecule has 10 heavy (non-hydrogen) atoms. The molecule has 0 fully saturated rings. The summed E-state index contributed by atoms with van der Waals surface area (Å²) in [4.78, 5) is 14.9. The highest BCUT2D eigenvalue weighted by Crippen LogP contribution is 2.17. The van der Waals surface area contributed by atoms with Gasteiger partial charge in [-0.2, -0.15) is 0 Å². The van der Waals surface area contributed by atoms with Gasteiger partial charge in [0.15, 0.2) is 5.96 Å². The van der Waals surface area contributed by atoms with Crippen LogP contribution in [-0.2, 0) is 4.79 Å². The smallest absolute Gasteiger partial charge is 0.234 e. The summed E-state index contributed by atoms with van der Waals surface area (Å²) in [5.74, 6) is 0.171. The maximum absolute atomic E-state index is 11.1. The van der Waals surface area contributed by atoms with Gasteiger partial charge in [0.25, 0.3) is 0 Å². The summed E-state index contributed by atoms with van der Waals surface area (Å²) < 4.78 is 0. The van der Waals surface area contributed by atoms with Crippen molar-refractivity contribution in [1.82, 2.24) is 5.32 Å². The molecule has 1 aliphatic heterocycles. The first-order chi connectivity index (χ1) is 4.52. The Morgan fingerprint density at radius 3 is 2.70 bits per heavy atom. The van der Waals surface area contributed by atoms with Crippen molar-refractivity contribution in [3.63, 3.8) is 0 Å². The molecule has 0 unspecified atom stereocenters. The molecule has 0 aromatic heterocycles. The highest BCUT2D eigenvalue weighted by atomic mass is 16.2. The third-order valence-electron chi connectivity index (χ3n) is 1.50. The first-order valence-electron chi connectivity index (χ1n) is 3.14. The van der Waals surface area contributed by atoms with E-state index in [1.807, 2.05) is 13.8 Å². The average molecular weight is 141 g/mol. The molecule has 3 N–H and O–H groups in total. The van der Waals surface area contributed by atoms with Crippen molar-refractivity contribution in [2.75, 3.05) is 6.54 Å². The van der Waals surface area contributed by atoms with Crippen LogP contribution < -0.4 is 11.1 Å². The molecule has 56 valence electrons. The monoisotopic (exact) mass is 141 g/mol. The minimum absolute atomic E-state index is 0.0556. The molecule has 0 saturated heterocycles. The number of carbonyl (C=O) groups excluding carboxylic acids is 1. The lowest BCUT2D eigenvalue weighted by Crippen LogP contribution is -2.49. The van der Waals surface area contributed by atoms with E-state index in [2.05, 4.69) is 10.3 Å². The van der Waals surface area contributed by atoms with Crippen LogP contribution in [0.1, 0.15) is 13.8 Å². The van der Waals surface area contributed by atoms with Gasteiger partial charge in [-0.25, -0.2) is 0 Å². The fourth-order valence-electron chi connectivity index (χ4n) is 0.680. The summed E-state index contributed by atoms with van der Waals surface area (Å²) >= 11 is 0. The fraction of sp³-hybridized carbons (Fsp3) is 0.667. The maximum atomic E-state index is 11.1. The number of nitrogens with zero attached hydrogens (tertiary/aromatic N) is 1. The van der Waals surface area contributed by atoms with Crippen molar-refractivity contribution in [2.24, 2.45) is 16.1 Å². The Kier molecular flexibility index (Phi) is 1.39. The van der Waals surface area contributed by atoms with E-state index in [0.717, 1.165) is 0 Å². The third kappa shape index (κ3) is 1.10. The summed E-state index contributed by atoms with van der Waals surface area (Å²) in [6, 6.07) is 0. The van der Waals surface area contributed by atoms with Crippen LogP contribution in [0.3, 0.4) is 0 Å². The van der Waals surface area contributed by atoms with Crippen LogP contribution in [0.5, 0.6) is 0 Å². The van der Waals surface area contributed by atoms with E-state index < -0.39 is 5.41 Å². The number of hydrogen-bond acceptors (Lipinski definition) is 3. The highest BCUT2D eigenvalue weighted by Gasteiger charge is 2.30. The Morgan fingerprint density at radius 2 is 2.30 bits per heavy atom. The number of carbonyl (C=O) groups is 1. The Hall–Kier alpha value is -1.06. The molecule has 4 heteroatoms. The van der Waals surface area contributed by atoms with Crippen molar-refractivity contribution in [1.29, 1.82) is 0 Å². The Bertz CT molecular complexity index is 195. The molecule has 4 nitrogen and oxygen atoms in total. The van der Waals surface area contributed by atoms with Crippen LogP contribution in [-0.4, -0.2) is 18.4 Å². The van der Waals surface area contributed by atoms with Crippen LogP contribution in [0.25, 0.3) is 0 Å². The zero-order valence-corrected chi connectivity index (χ0v) is 6.14. The maximum Gasteiger partial charge on any atom is 0.234 e. The number of nitrogens with one attached hydrogen (secondary N) is 1. The molecule has 0 aromatic carbocycles. The lowest BCUT2D eigenvalue weighted by molar-refractivity contribution is -0.127. The van der Waals surface area contributed by atoms with E-state index in [-0.39, 0.29) is 11.9 Å². The van der Waals surface area contributed by atoms with Gasteiger partial charge in [-0.1, -0.05) is 0 Å². The van der Waals surface area contributed by atoms with Gasteiger partial charge in [-0.3, -0.25) is 15.1 Å². The van der Waals surface area contributed by atoms with Gasteiger partial charge in [0.2, 0.25) is 5.91 Å². The van der Waals surface area contributed by atoms with E-state index >= 15 is 0 Å². The molecule has 0 atom stereocenters. The highest BCUT2D eigenvalue weighted by molar-refractivity contribution is 6.00. The van der Waals surface area contributed by atoms with E-state index in [0.29, 0.717) is 6.54 Å². The molecule has 0 bridgehead atoms. The van der Waals surface area contributed by atoms with Crippen LogP contribution in [0.4, 0.5) is 0 Å². The van der Waals surface area contributed by atoms with Crippen molar-refractivity contribution in [3.05, 3.63) is 0 Å². The number of nitrogens with two attached hydrogens (primary N) is 1. The van der Waals surface area contributed by atoms with Crippen LogP contribution >= 0.6 is 0 Å². The SMILES string of the molecule is CC1(C)CN=C(N)NC1=O. The van der Waals surface area contributed by atoms with Gasteiger partial charge in [0.05, 0.1) is 12.0 Å². The van der Waals surface area contributed by atoms with E-state index in [1.54, 1.807) is 0 Å². The molecule has 0 aromatic rings. The lowest BCUT2D eigenvalue weighted by Gasteiger charge is -2.25. The Labute approximate surface area is 59.5 Å². The zero-order chi connectivity index (χ0) is 7.78. The summed E-state index contributed by atoms with van der Waals surface area (Å²) in [6.45, 7) is 4.14. The number of amides is 1. The van der Waals surface area contributed by atoms with Crippen LogP contribution in [0.2, 0.25) is 0 Å². The summed E-state index contributed by atoms with van der Waals surface area (Å²) in [5.41, 5.74) is 4.86. The van der Waals surface area contributed by atoms with E-state index in [9.17, 15) is 4.79 Å². The van der Waals surface area contributed by atoms with Gasteiger partial charge in [-0.05, 0) is 13.8 Å². The molecule has 0 aliphatic carbocycles. The number of rotatable bonds is 0. The molecular formula is C6H11N3O. The van der Waals surface area contributed by atoms with Crippen molar-refractivity contribution in [2.45, 2.75) is 13.8 Å². The standard InChI is InChI=1S/C6H11N3O/c1-6(2)3-8-5(7)9-4(6)10/h3H2,1-2H3,(H3,7,8,9,10). The van der Waals surface area contributed by atoms with Crippen molar-refractivity contribution < 1.29 is 4.79 Å². The van der Waals surface area contributed by atoms with Gasteiger partial charge < -0.3 is 5.73 Å². The molecule has 1 heterocycles. The molecule has 1 rings (SSSR count). The summed E-state index contributed by atoms with van der Waals surface area (Å²) in [6.07, 6.45) is 0. The summed E-state index contributed by atoms with van der Waals surface area (Å²) in [5, 5.41) is 2.46. The minimum Gasteiger partial charge on any atom is -0.370 e. The number of hydrogen-bond donors (Lipinski definition) is 2. The molecular weight excluding hydrogens is 130 g/mol. The normalized spacial score (nSPS) is 23.4. The second-order valence-electron chi connectivity index (χ2n) is 3.04. The first kappa shape index (κ1) is 7.05. The van der Waals surface area contributed by atoms with Crippen LogP contribution in [0, 0.1) is 5.41 Å². The zero-order valence-electron chi connectivity index (χ0n) is 6.14. The summed E-state index contributed by atoms with van der Waals surface area (Å²) in [7, 11) is 0. The Morgan fingerprint density at radius 1 is 1.70 bits per heavy atom. The molecule has 1 aliphatic rings. The fourth-order valence-corrected chi connectivity index (χ4v) is 0.680. The van der Waals surface area contributed by atoms with Gasteiger partial charge >= 0.3 is 0 Å². The predicted molar refractivity (Wildman–Crippen MR) is 38.4 cm³/mol. The van der Waals surface area contributed by atoms with Crippen molar-refractivity contribution >= 4 is 11.9 Å². The topological polar surface area (TPSA) is 67.5 Å². The average Bonchev–Trinajstić information content (AvgIpc) is 1.81. The van der Waals surface area contributed by atoms with Crippen LogP contribution in [0.15, 0.2) is 4.99 Å².